The van der Waals surface area contributed by atoms with Crippen LogP contribution in [0.1, 0.15) is 38.2 Å². The molecule has 1 saturated heterocycles. The van der Waals surface area contributed by atoms with Gasteiger partial charge in [0.1, 0.15) is 6.17 Å². The lowest BCUT2D eigenvalue weighted by Gasteiger charge is -2.23. The van der Waals surface area contributed by atoms with Crippen LogP contribution in [0.4, 0.5) is 0 Å². The van der Waals surface area contributed by atoms with Crippen molar-refractivity contribution in [3.8, 4) is 0 Å². The Hall–Kier alpha value is -0.910. The van der Waals surface area contributed by atoms with Crippen LogP contribution in [0.3, 0.4) is 0 Å². The number of nitrogens with zero attached hydrogens (tertiary/aromatic N) is 1. The van der Waals surface area contributed by atoms with Gasteiger partial charge in [0, 0.05) is 24.6 Å². The van der Waals surface area contributed by atoms with Gasteiger partial charge in [0.2, 0.25) is 5.91 Å². The summed E-state index contributed by atoms with van der Waals surface area (Å²) in [6.45, 7) is 8.46. The molecule has 1 aromatic heterocycles. The number of carbonyl (C=O) groups excluding carboxylic acids is 1. The summed E-state index contributed by atoms with van der Waals surface area (Å²) in [5.41, 5.74) is 0. The number of carbonyl (C=O) groups is 1. The lowest BCUT2D eigenvalue weighted by Crippen LogP contribution is -2.31. The van der Waals surface area contributed by atoms with Gasteiger partial charge in [0.05, 0.1) is 6.04 Å². The van der Waals surface area contributed by atoms with Gasteiger partial charge in [0.25, 0.3) is 0 Å². The highest BCUT2D eigenvalue weighted by Crippen LogP contribution is 2.28. The highest BCUT2D eigenvalue weighted by molar-refractivity contribution is 7.10. The molecule has 2 heterocycles. The van der Waals surface area contributed by atoms with Crippen molar-refractivity contribution in [2.75, 3.05) is 19.8 Å². The van der Waals surface area contributed by atoms with E-state index in [1.54, 1.807) is 11.3 Å². The van der Waals surface area contributed by atoms with E-state index < -0.39 is 0 Å². The largest absolute Gasteiger partial charge is 0.381 e. The molecule has 0 radical (unpaired) electrons. The molecule has 2 unspecified atom stereocenters. The van der Waals surface area contributed by atoms with Gasteiger partial charge in [-0.15, -0.1) is 11.3 Å². The predicted octanol–water partition coefficient (Wildman–Crippen LogP) is 2.63. The normalized spacial score (nSPS) is 23.0. The van der Waals surface area contributed by atoms with Crippen LogP contribution in [0, 0.1) is 5.92 Å². The Balaban J connectivity index is 1.85. The maximum atomic E-state index is 12.2. The Morgan fingerprint density at radius 3 is 2.95 bits per heavy atom. The molecule has 2 atom stereocenters. The first kappa shape index (κ1) is 15.5. The number of hydrogen-bond acceptors (Lipinski definition) is 4. The molecule has 1 aliphatic heterocycles. The summed E-state index contributed by atoms with van der Waals surface area (Å²) in [6, 6.07) is 4.01. The lowest BCUT2D eigenvalue weighted by molar-refractivity contribution is -0.130. The number of ether oxygens (including phenoxy) is 1. The number of thiophene rings is 1. The molecule has 112 valence electrons. The minimum Gasteiger partial charge on any atom is -0.381 e. The molecule has 1 amide bonds. The molecule has 0 saturated carbocycles. The van der Waals surface area contributed by atoms with E-state index in [1.807, 2.05) is 17.9 Å². The molecule has 2 rings (SSSR count). The molecule has 0 spiro atoms. The zero-order chi connectivity index (χ0) is 14.5. The quantitative estimate of drug-likeness (QED) is 0.787. The zero-order valence-electron chi connectivity index (χ0n) is 12.5. The Morgan fingerprint density at radius 1 is 1.50 bits per heavy atom. The summed E-state index contributed by atoms with van der Waals surface area (Å²) >= 11 is 1.69. The summed E-state index contributed by atoms with van der Waals surface area (Å²) < 4.78 is 5.59. The maximum Gasteiger partial charge on any atom is 0.241 e. The summed E-state index contributed by atoms with van der Waals surface area (Å²) in [7, 11) is 0. The first-order valence-electron chi connectivity index (χ1n) is 7.27. The first-order valence-corrected chi connectivity index (χ1v) is 8.15. The van der Waals surface area contributed by atoms with Crippen LogP contribution < -0.4 is 5.32 Å². The second-order valence-corrected chi connectivity index (χ2v) is 6.64. The van der Waals surface area contributed by atoms with Crippen molar-refractivity contribution in [3.63, 3.8) is 0 Å². The van der Waals surface area contributed by atoms with Crippen LogP contribution in [0.25, 0.3) is 0 Å². The third-order valence-corrected chi connectivity index (χ3v) is 4.25. The van der Waals surface area contributed by atoms with E-state index in [4.69, 9.17) is 4.74 Å². The minimum absolute atomic E-state index is 0.0302. The lowest BCUT2D eigenvalue weighted by atomic mass is 10.2. The van der Waals surface area contributed by atoms with Crippen molar-refractivity contribution in [2.24, 2.45) is 5.92 Å². The zero-order valence-corrected chi connectivity index (χ0v) is 13.3. The summed E-state index contributed by atoms with van der Waals surface area (Å²) in [5.74, 6) is 0.747. The predicted molar refractivity (Wildman–Crippen MR) is 81.6 cm³/mol. The van der Waals surface area contributed by atoms with Crippen molar-refractivity contribution in [2.45, 2.75) is 39.4 Å². The minimum atomic E-state index is -0.0984. The molecule has 1 fully saturated rings. The smallest absolute Gasteiger partial charge is 0.241 e. The summed E-state index contributed by atoms with van der Waals surface area (Å²) in [4.78, 5) is 15.3. The molecule has 1 N–H and O–H groups in total. The molecule has 4 nitrogen and oxygen atoms in total. The molecule has 5 heteroatoms. The number of hydrogen-bond donors (Lipinski definition) is 1. The van der Waals surface area contributed by atoms with Gasteiger partial charge in [-0.05, 0) is 30.7 Å². The van der Waals surface area contributed by atoms with Crippen LogP contribution >= 0.6 is 11.3 Å². The highest BCUT2D eigenvalue weighted by Gasteiger charge is 2.36. The SMILES string of the molecule is CC(C)COCCCN1C(=O)C(C)NC1c1cccs1. The van der Waals surface area contributed by atoms with Crippen LogP contribution in [-0.4, -0.2) is 36.6 Å². The van der Waals surface area contributed by atoms with Crippen LogP contribution in [-0.2, 0) is 9.53 Å². The Bertz CT molecular complexity index is 420. The highest BCUT2D eigenvalue weighted by atomic mass is 32.1. The molecule has 1 aliphatic rings. The standard InChI is InChI=1S/C15H24N2O2S/c1-11(2)10-19-8-5-7-17-14(13-6-4-9-20-13)16-12(3)15(17)18/h4,6,9,11-12,14,16H,5,7-8,10H2,1-3H3. The van der Waals surface area contributed by atoms with E-state index in [9.17, 15) is 4.79 Å². The number of rotatable bonds is 7. The van der Waals surface area contributed by atoms with Gasteiger partial charge in [-0.3, -0.25) is 10.1 Å². The topological polar surface area (TPSA) is 41.6 Å². The molecular weight excluding hydrogens is 272 g/mol. The first-order chi connectivity index (χ1) is 9.59. The molecule has 0 aliphatic carbocycles. The Labute approximate surface area is 125 Å². The summed E-state index contributed by atoms with van der Waals surface area (Å²) in [5, 5.41) is 5.41. The molecule has 0 aromatic carbocycles. The second kappa shape index (κ2) is 7.20. The fraction of sp³-hybridized carbons (Fsp3) is 0.667. The van der Waals surface area contributed by atoms with Crippen molar-refractivity contribution in [3.05, 3.63) is 22.4 Å². The van der Waals surface area contributed by atoms with Gasteiger partial charge in [-0.25, -0.2) is 0 Å². The number of amides is 1. The van der Waals surface area contributed by atoms with Crippen LogP contribution in [0.2, 0.25) is 0 Å². The third kappa shape index (κ3) is 3.81. The van der Waals surface area contributed by atoms with Gasteiger partial charge in [-0.1, -0.05) is 19.9 Å². The fourth-order valence-corrected chi connectivity index (χ4v) is 3.15. The third-order valence-electron chi connectivity index (χ3n) is 3.32. The van der Waals surface area contributed by atoms with Gasteiger partial charge in [-0.2, -0.15) is 0 Å². The van der Waals surface area contributed by atoms with Crippen molar-refractivity contribution in [1.82, 2.24) is 10.2 Å². The van der Waals surface area contributed by atoms with Crippen molar-refractivity contribution < 1.29 is 9.53 Å². The van der Waals surface area contributed by atoms with E-state index in [1.165, 1.54) is 4.88 Å². The second-order valence-electron chi connectivity index (χ2n) is 5.66. The van der Waals surface area contributed by atoms with Crippen LogP contribution in [0.5, 0.6) is 0 Å². The van der Waals surface area contributed by atoms with Crippen molar-refractivity contribution in [1.29, 1.82) is 0 Å². The van der Waals surface area contributed by atoms with E-state index in [-0.39, 0.29) is 18.1 Å². The molecule has 0 bridgehead atoms. The molecular formula is C15H24N2O2S. The monoisotopic (exact) mass is 296 g/mol. The number of nitrogens with one attached hydrogen (secondary N) is 1. The summed E-state index contributed by atoms with van der Waals surface area (Å²) in [6.07, 6.45) is 0.914. The van der Waals surface area contributed by atoms with Gasteiger partial charge >= 0.3 is 0 Å². The van der Waals surface area contributed by atoms with E-state index in [0.717, 1.165) is 19.6 Å². The average Bonchev–Trinajstić information content (AvgIpc) is 3.01. The van der Waals surface area contributed by atoms with Gasteiger partial charge < -0.3 is 9.64 Å². The maximum absolute atomic E-state index is 12.2. The fourth-order valence-electron chi connectivity index (χ4n) is 2.35. The van der Waals surface area contributed by atoms with Crippen molar-refractivity contribution >= 4 is 17.2 Å². The Kier molecular flexibility index (Phi) is 5.57. The van der Waals surface area contributed by atoms with E-state index in [0.29, 0.717) is 12.5 Å². The van der Waals surface area contributed by atoms with E-state index >= 15 is 0 Å². The van der Waals surface area contributed by atoms with E-state index in [2.05, 4.69) is 30.6 Å². The van der Waals surface area contributed by atoms with Crippen LogP contribution in [0.15, 0.2) is 17.5 Å². The molecule has 1 aromatic rings. The van der Waals surface area contributed by atoms with Gasteiger partial charge in [0.15, 0.2) is 0 Å². The average molecular weight is 296 g/mol. The molecule has 20 heavy (non-hydrogen) atoms. The Morgan fingerprint density at radius 2 is 2.30 bits per heavy atom.